The minimum Gasteiger partial charge on any atom is -0.475 e. The highest BCUT2D eigenvalue weighted by atomic mass is 32.2. The normalized spacial score (nSPS) is 19.6. The van der Waals surface area contributed by atoms with Crippen LogP contribution < -0.4 is 4.74 Å². The molecule has 1 fully saturated rings. The van der Waals surface area contributed by atoms with E-state index in [1.54, 1.807) is 25.4 Å². The Morgan fingerprint density at radius 2 is 1.74 bits per heavy atom. The monoisotopic (exact) mass is 515 g/mol. The summed E-state index contributed by atoms with van der Waals surface area (Å²) >= 11 is 0. The number of aromatic nitrogens is 1. The molecular formula is C23H28F3N3O5S. The first kappa shape index (κ1) is 26.9. The molecular weight excluding hydrogens is 487 g/mol. The van der Waals surface area contributed by atoms with E-state index in [0.29, 0.717) is 6.54 Å². The number of nitrogens with zero attached hydrogens (tertiary/aromatic N) is 3. The van der Waals surface area contributed by atoms with Crippen molar-refractivity contribution in [2.24, 2.45) is 0 Å². The van der Waals surface area contributed by atoms with Crippen molar-refractivity contribution in [2.75, 3.05) is 26.7 Å². The van der Waals surface area contributed by atoms with Crippen LogP contribution in [0.25, 0.3) is 0 Å². The van der Waals surface area contributed by atoms with Crippen molar-refractivity contribution in [3.05, 3.63) is 53.2 Å². The van der Waals surface area contributed by atoms with Crippen LogP contribution in [0.5, 0.6) is 5.88 Å². The maximum absolute atomic E-state index is 12.8. The first-order valence-corrected chi connectivity index (χ1v) is 12.4. The Hall–Kier alpha value is -2.70. The number of halogens is 3. The lowest BCUT2D eigenvalue weighted by atomic mass is 9.90. The molecule has 4 rings (SSSR count). The van der Waals surface area contributed by atoms with Crippen LogP contribution in [0.1, 0.15) is 29.5 Å². The number of aryl methyl sites for hydroxylation is 2. The fraction of sp³-hybridized carbons (Fsp3) is 0.478. The van der Waals surface area contributed by atoms with Gasteiger partial charge in [-0.25, -0.2) is 18.2 Å². The van der Waals surface area contributed by atoms with E-state index in [4.69, 9.17) is 14.6 Å². The molecule has 1 aromatic heterocycles. The van der Waals surface area contributed by atoms with Crippen molar-refractivity contribution >= 4 is 16.0 Å². The fourth-order valence-corrected chi connectivity index (χ4v) is 5.65. The number of pyridine rings is 1. The lowest BCUT2D eigenvalue weighted by Gasteiger charge is -2.41. The molecule has 2 aromatic rings. The second-order valence-electron chi connectivity index (χ2n) is 8.93. The highest BCUT2D eigenvalue weighted by molar-refractivity contribution is 7.89. The summed E-state index contributed by atoms with van der Waals surface area (Å²) in [6.45, 7) is 7.24. The first-order valence-electron chi connectivity index (χ1n) is 10.9. The van der Waals surface area contributed by atoms with Crippen LogP contribution in [0, 0.1) is 13.8 Å². The van der Waals surface area contributed by atoms with Crippen LogP contribution in [-0.2, 0) is 21.4 Å². The number of aliphatic carboxylic acids is 1. The van der Waals surface area contributed by atoms with Crippen LogP contribution in [0.2, 0.25) is 0 Å². The van der Waals surface area contributed by atoms with Gasteiger partial charge in [0.15, 0.2) is 0 Å². The minimum atomic E-state index is -5.08. The van der Waals surface area contributed by atoms with Crippen molar-refractivity contribution in [3.63, 3.8) is 0 Å². The quantitative estimate of drug-likeness (QED) is 0.655. The van der Waals surface area contributed by atoms with Gasteiger partial charge in [0.1, 0.15) is 10.5 Å². The molecule has 0 atom stereocenters. The van der Waals surface area contributed by atoms with Gasteiger partial charge in [0.2, 0.25) is 15.9 Å². The number of ether oxygens (including phenoxy) is 1. The predicted octanol–water partition coefficient (Wildman–Crippen LogP) is 3.38. The zero-order valence-electron chi connectivity index (χ0n) is 19.7. The van der Waals surface area contributed by atoms with Gasteiger partial charge in [-0.3, -0.25) is 4.90 Å². The maximum Gasteiger partial charge on any atom is 0.490 e. The summed E-state index contributed by atoms with van der Waals surface area (Å²) in [5.41, 5.74) is 3.36. The van der Waals surface area contributed by atoms with Crippen LogP contribution in [0.3, 0.4) is 0 Å². The van der Waals surface area contributed by atoms with Gasteiger partial charge >= 0.3 is 12.1 Å². The summed E-state index contributed by atoms with van der Waals surface area (Å²) in [4.78, 5) is 15.7. The molecule has 0 aliphatic carbocycles. The number of likely N-dealkylation sites (tertiary alicyclic amines) is 1. The number of sulfonamides is 1. The van der Waals surface area contributed by atoms with Gasteiger partial charge in [-0.2, -0.15) is 17.5 Å². The van der Waals surface area contributed by atoms with E-state index < -0.39 is 27.8 Å². The molecule has 2 aliphatic rings. The largest absolute Gasteiger partial charge is 0.490 e. The third-order valence-corrected chi connectivity index (χ3v) is 7.76. The van der Waals surface area contributed by atoms with Gasteiger partial charge in [0.05, 0.1) is 6.54 Å². The minimum absolute atomic E-state index is 0.159. The van der Waals surface area contributed by atoms with Gasteiger partial charge in [0, 0.05) is 45.7 Å². The summed E-state index contributed by atoms with van der Waals surface area (Å²) in [5, 5.41) is 7.12. The van der Waals surface area contributed by atoms with Gasteiger partial charge in [-0.1, -0.05) is 29.3 Å². The maximum atomic E-state index is 12.8. The summed E-state index contributed by atoms with van der Waals surface area (Å²) < 4.78 is 65.1. The number of hydrogen-bond acceptors (Lipinski definition) is 6. The van der Waals surface area contributed by atoms with Crippen molar-refractivity contribution in [1.29, 1.82) is 0 Å². The number of fused-ring (bicyclic) bond motifs is 1. The van der Waals surface area contributed by atoms with Gasteiger partial charge < -0.3 is 9.84 Å². The Balaban J connectivity index is 0.000000429. The Bertz CT molecular complexity index is 1160. The Kier molecular flexibility index (Phi) is 7.77. The second-order valence-corrected chi connectivity index (χ2v) is 10.9. The molecule has 1 aromatic carbocycles. The van der Waals surface area contributed by atoms with Crippen LogP contribution in [0.15, 0.2) is 41.4 Å². The van der Waals surface area contributed by atoms with E-state index in [0.717, 1.165) is 32.5 Å². The van der Waals surface area contributed by atoms with Gasteiger partial charge in [-0.05, 0) is 31.5 Å². The molecule has 0 saturated carbocycles. The van der Waals surface area contributed by atoms with Crippen molar-refractivity contribution in [2.45, 2.75) is 49.9 Å². The molecule has 0 radical (unpaired) electrons. The number of benzene rings is 1. The SMILES string of the molecule is Cc1cc(C)cc(CN2CCC3(CC2)CN(C)S(=O)(=O)c2cccnc2O3)c1.O=C(O)C(F)(F)F. The highest BCUT2D eigenvalue weighted by Crippen LogP contribution is 2.37. The Morgan fingerprint density at radius 3 is 2.29 bits per heavy atom. The number of likely N-dealkylation sites (N-methyl/N-ethyl adjacent to an activating group) is 1. The number of piperidine rings is 1. The molecule has 1 saturated heterocycles. The van der Waals surface area contributed by atoms with Crippen molar-refractivity contribution in [3.8, 4) is 5.88 Å². The van der Waals surface area contributed by atoms with E-state index in [-0.39, 0.29) is 10.8 Å². The van der Waals surface area contributed by atoms with Gasteiger partial charge in [-0.15, -0.1) is 0 Å². The Morgan fingerprint density at radius 1 is 1.17 bits per heavy atom. The summed E-state index contributed by atoms with van der Waals surface area (Å²) in [6.07, 6.45) is -1.95. The van der Waals surface area contributed by atoms with E-state index in [9.17, 15) is 21.6 Å². The third kappa shape index (κ3) is 6.50. The molecule has 8 nitrogen and oxygen atoms in total. The second kappa shape index (κ2) is 10.1. The third-order valence-electron chi connectivity index (χ3n) is 5.95. The molecule has 35 heavy (non-hydrogen) atoms. The average Bonchev–Trinajstić information content (AvgIpc) is 2.82. The smallest absolute Gasteiger partial charge is 0.475 e. The van der Waals surface area contributed by atoms with Gasteiger partial charge in [0.25, 0.3) is 0 Å². The molecule has 1 spiro atoms. The molecule has 0 amide bonds. The van der Waals surface area contributed by atoms with E-state index in [1.807, 2.05) is 0 Å². The predicted molar refractivity (Wildman–Crippen MR) is 122 cm³/mol. The summed E-state index contributed by atoms with van der Waals surface area (Å²) in [5.74, 6) is -2.53. The molecule has 2 aliphatic heterocycles. The topological polar surface area (TPSA) is 100 Å². The number of carboxylic acid groups (broad SMARTS) is 1. The molecule has 192 valence electrons. The van der Waals surface area contributed by atoms with Crippen molar-refractivity contribution in [1.82, 2.24) is 14.2 Å². The highest BCUT2D eigenvalue weighted by Gasteiger charge is 2.44. The number of rotatable bonds is 2. The summed E-state index contributed by atoms with van der Waals surface area (Å²) in [6, 6.07) is 9.87. The number of carboxylic acids is 1. The van der Waals surface area contributed by atoms with Crippen LogP contribution in [-0.4, -0.2) is 72.1 Å². The van der Waals surface area contributed by atoms with Crippen molar-refractivity contribution < 1.29 is 36.2 Å². The number of hydrogen-bond donors (Lipinski definition) is 1. The molecule has 1 N–H and O–H groups in total. The molecule has 12 heteroatoms. The number of carbonyl (C=O) groups is 1. The molecule has 3 heterocycles. The lowest BCUT2D eigenvalue weighted by molar-refractivity contribution is -0.192. The zero-order chi connectivity index (χ0) is 26.0. The zero-order valence-corrected chi connectivity index (χ0v) is 20.5. The molecule has 0 bridgehead atoms. The fourth-order valence-electron chi connectivity index (χ4n) is 4.34. The van der Waals surface area contributed by atoms with Crippen LogP contribution in [0.4, 0.5) is 13.2 Å². The van der Waals surface area contributed by atoms with E-state index in [1.165, 1.54) is 21.0 Å². The summed E-state index contributed by atoms with van der Waals surface area (Å²) in [7, 11) is -1.94. The standard InChI is InChI=1S/C21H27N3O3S.C2HF3O2/c1-16-11-17(2)13-18(12-16)14-24-9-6-21(7-10-24)15-23(3)28(25,26)19-5-4-8-22-20(19)27-21;3-2(4,5)1(6)7/h4-5,8,11-13H,6-7,9-10,14-15H2,1-3H3;(H,6,7). The molecule has 0 unspecified atom stereocenters. The Labute approximate surface area is 202 Å². The van der Waals surface area contributed by atoms with E-state index >= 15 is 0 Å². The average molecular weight is 516 g/mol. The number of alkyl halides is 3. The van der Waals surface area contributed by atoms with E-state index in [2.05, 4.69) is 41.9 Å². The van der Waals surface area contributed by atoms with Crippen LogP contribution >= 0.6 is 0 Å². The first-order chi connectivity index (χ1) is 16.2. The lowest BCUT2D eigenvalue weighted by Crippen LogP contribution is -2.53.